The highest BCUT2D eigenvalue weighted by molar-refractivity contribution is 7.88. The Balaban J connectivity index is 2.20. The van der Waals surface area contributed by atoms with Gasteiger partial charge in [0.15, 0.2) is 0 Å². The van der Waals surface area contributed by atoms with E-state index in [9.17, 15) is 8.42 Å². The number of hydrogen-bond acceptors (Lipinski definition) is 2. The summed E-state index contributed by atoms with van der Waals surface area (Å²) in [7, 11) is -3.27. The van der Waals surface area contributed by atoms with Crippen molar-refractivity contribution in [1.82, 2.24) is 4.31 Å². The first-order valence-electron chi connectivity index (χ1n) is 6.77. The minimum absolute atomic E-state index is 0.00315. The van der Waals surface area contributed by atoms with Crippen molar-refractivity contribution in [2.24, 2.45) is 0 Å². The van der Waals surface area contributed by atoms with E-state index < -0.39 is 10.0 Å². The van der Waals surface area contributed by atoms with Crippen LogP contribution in [0.4, 0.5) is 0 Å². The monoisotopic (exact) mass is 301 g/mol. The third kappa shape index (κ3) is 3.50. The Morgan fingerprint density at radius 3 is 2.74 bits per heavy atom. The molecule has 5 heteroatoms. The molecule has 1 aliphatic heterocycles. The molecule has 0 N–H and O–H groups in total. The van der Waals surface area contributed by atoms with Gasteiger partial charge in [0.05, 0.1) is 5.75 Å². The molecule has 0 spiro atoms. The van der Waals surface area contributed by atoms with E-state index in [1.807, 2.05) is 19.1 Å². The van der Waals surface area contributed by atoms with Gasteiger partial charge in [-0.15, -0.1) is 0 Å². The molecule has 0 aliphatic carbocycles. The number of hydrogen-bond donors (Lipinski definition) is 0. The van der Waals surface area contributed by atoms with Gasteiger partial charge in [-0.2, -0.15) is 4.31 Å². The SMILES string of the molecule is CC[C@H]1CCCCN1S(=O)(=O)Cc1ccccc1Cl. The van der Waals surface area contributed by atoms with Crippen molar-refractivity contribution >= 4 is 21.6 Å². The van der Waals surface area contributed by atoms with Crippen molar-refractivity contribution in [1.29, 1.82) is 0 Å². The summed E-state index contributed by atoms with van der Waals surface area (Å²) in [6.07, 6.45) is 3.93. The quantitative estimate of drug-likeness (QED) is 0.854. The van der Waals surface area contributed by atoms with Crippen LogP contribution in [-0.2, 0) is 15.8 Å². The summed E-state index contributed by atoms with van der Waals surface area (Å²) in [4.78, 5) is 0. The Bertz CT molecular complexity index is 530. The number of benzene rings is 1. The van der Waals surface area contributed by atoms with Gasteiger partial charge in [-0.05, 0) is 30.9 Å². The molecule has 3 nitrogen and oxygen atoms in total. The third-order valence-electron chi connectivity index (χ3n) is 3.70. The van der Waals surface area contributed by atoms with Crippen LogP contribution in [0.5, 0.6) is 0 Å². The minimum atomic E-state index is -3.27. The lowest BCUT2D eigenvalue weighted by Crippen LogP contribution is -2.43. The third-order valence-corrected chi connectivity index (χ3v) is 5.94. The first-order valence-corrected chi connectivity index (χ1v) is 8.76. The molecule has 1 aromatic carbocycles. The van der Waals surface area contributed by atoms with Crippen molar-refractivity contribution in [3.8, 4) is 0 Å². The number of rotatable bonds is 4. The molecule has 1 atom stereocenters. The maximum absolute atomic E-state index is 12.5. The molecular weight excluding hydrogens is 282 g/mol. The maximum atomic E-state index is 12.5. The molecule has 0 aromatic heterocycles. The summed E-state index contributed by atoms with van der Waals surface area (Å²) in [5.74, 6) is 0.00315. The number of piperidine rings is 1. The average molecular weight is 302 g/mol. The molecule has 1 aromatic rings. The van der Waals surface area contributed by atoms with Crippen molar-refractivity contribution in [2.75, 3.05) is 6.54 Å². The zero-order valence-electron chi connectivity index (χ0n) is 11.2. The van der Waals surface area contributed by atoms with Gasteiger partial charge in [0.25, 0.3) is 0 Å². The summed E-state index contributed by atoms with van der Waals surface area (Å²) in [6.45, 7) is 2.69. The van der Waals surface area contributed by atoms with E-state index in [2.05, 4.69) is 0 Å². The smallest absolute Gasteiger partial charge is 0.212 e. The van der Waals surface area contributed by atoms with E-state index in [4.69, 9.17) is 11.6 Å². The molecule has 1 heterocycles. The van der Waals surface area contributed by atoms with Gasteiger partial charge in [0.1, 0.15) is 0 Å². The molecule has 0 unspecified atom stereocenters. The summed E-state index contributed by atoms with van der Waals surface area (Å²) in [5.41, 5.74) is 0.685. The Morgan fingerprint density at radius 2 is 2.05 bits per heavy atom. The van der Waals surface area contributed by atoms with Crippen LogP contribution in [0.2, 0.25) is 5.02 Å². The molecule has 0 saturated carbocycles. The van der Waals surface area contributed by atoms with Crippen molar-refractivity contribution in [3.63, 3.8) is 0 Å². The predicted molar refractivity (Wildman–Crippen MR) is 78.7 cm³/mol. The average Bonchev–Trinajstić information content (AvgIpc) is 2.41. The number of nitrogens with zero attached hydrogens (tertiary/aromatic N) is 1. The Morgan fingerprint density at radius 1 is 1.32 bits per heavy atom. The molecule has 2 rings (SSSR count). The normalized spacial score (nSPS) is 21.5. The fraction of sp³-hybridized carbons (Fsp3) is 0.571. The van der Waals surface area contributed by atoms with Crippen LogP contribution < -0.4 is 0 Å². The number of halogens is 1. The Kier molecular flexibility index (Phi) is 4.87. The van der Waals surface area contributed by atoms with E-state index in [0.29, 0.717) is 17.1 Å². The number of sulfonamides is 1. The molecule has 0 bridgehead atoms. The molecule has 1 aliphatic rings. The van der Waals surface area contributed by atoms with E-state index in [0.717, 1.165) is 25.7 Å². The summed E-state index contributed by atoms with van der Waals surface area (Å²) >= 11 is 6.06. The standard InChI is InChI=1S/C14H20ClNO2S/c1-2-13-8-5-6-10-16(13)19(17,18)11-12-7-3-4-9-14(12)15/h3-4,7,9,13H,2,5-6,8,10-11H2,1H3/t13-/m0/s1. The second-order valence-electron chi connectivity index (χ2n) is 5.02. The van der Waals surface area contributed by atoms with Crippen LogP contribution >= 0.6 is 11.6 Å². The van der Waals surface area contributed by atoms with Gasteiger partial charge in [-0.1, -0.05) is 43.1 Å². The topological polar surface area (TPSA) is 37.4 Å². The van der Waals surface area contributed by atoms with Gasteiger partial charge in [0.2, 0.25) is 10.0 Å². The highest BCUT2D eigenvalue weighted by Crippen LogP contribution is 2.26. The fourth-order valence-electron chi connectivity index (χ4n) is 2.64. The summed E-state index contributed by atoms with van der Waals surface area (Å²) < 4.78 is 26.8. The van der Waals surface area contributed by atoms with Crippen LogP contribution in [-0.4, -0.2) is 25.3 Å². The Hall–Kier alpha value is -0.580. The van der Waals surface area contributed by atoms with Crippen molar-refractivity contribution in [3.05, 3.63) is 34.9 Å². The molecular formula is C14H20ClNO2S. The van der Waals surface area contributed by atoms with Crippen LogP contribution in [0, 0.1) is 0 Å². The molecule has 19 heavy (non-hydrogen) atoms. The lowest BCUT2D eigenvalue weighted by molar-refractivity contribution is 0.246. The molecule has 0 radical (unpaired) electrons. The van der Waals surface area contributed by atoms with Gasteiger partial charge in [0, 0.05) is 17.6 Å². The summed E-state index contributed by atoms with van der Waals surface area (Å²) in [6, 6.07) is 7.31. The highest BCUT2D eigenvalue weighted by atomic mass is 35.5. The van der Waals surface area contributed by atoms with Crippen LogP contribution in [0.1, 0.15) is 38.2 Å². The summed E-state index contributed by atoms with van der Waals surface area (Å²) in [5, 5.41) is 0.524. The van der Waals surface area contributed by atoms with Crippen LogP contribution in [0.15, 0.2) is 24.3 Å². The molecule has 1 saturated heterocycles. The van der Waals surface area contributed by atoms with Crippen LogP contribution in [0.25, 0.3) is 0 Å². The second-order valence-corrected chi connectivity index (χ2v) is 7.34. The van der Waals surface area contributed by atoms with Gasteiger partial charge < -0.3 is 0 Å². The van der Waals surface area contributed by atoms with Crippen molar-refractivity contribution in [2.45, 2.75) is 44.4 Å². The van der Waals surface area contributed by atoms with Gasteiger partial charge >= 0.3 is 0 Å². The lowest BCUT2D eigenvalue weighted by Gasteiger charge is -2.34. The zero-order valence-corrected chi connectivity index (χ0v) is 12.8. The molecule has 106 valence electrons. The zero-order chi connectivity index (χ0) is 13.9. The highest BCUT2D eigenvalue weighted by Gasteiger charge is 2.31. The first-order chi connectivity index (χ1) is 9.04. The van der Waals surface area contributed by atoms with E-state index in [1.165, 1.54) is 0 Å². The molecule has 0 amide bonds. The Labute approximate surface area is 120 Å². The maximum Gasteiger partial charge on any atom is 0.218 e. The van der Waals surface area contributed by atoms with Crippen molar-refractivity contribution < 1.29 is 8.42 Å². The second kappa shape index (κ2) is 6.25. The molecule has 1 fully saturated rings. The van der Waals surface area contributed by atoms with E-state index in [1.54, 1.807) is 16.4 Å². The predicted octanol–water partition coefficient (Wildman–Crippen LogP) is 3.43. The van der Waals surface area contributed by atoms with Crippen LogP contribution in [0.3, 0.4) is 0 Å². The van der Waals surface area contributed by atoms with Gasteiger partial charge in [-0.25, -0.2) is 8.42 Å². The minimum Gasteiger partial charge on any atom is -0.212 e. The first kappa shape index (κ1) is 14.8. The lowest BCUT2D eigenvalue weighted by atomic mass is 10.0. The van der Waals surface area contributed by atoms with E-state index >= 15 is 0 Å². The van der Waals surface area contributed by atoms with E-state index in [-0.39, 0.29) is 11.8 Å². The fourth-order valence-corrected chi connectivity index (χ4v) is 4.85. The van der Waals surface area contributed by atoms with Gasteiger partial charge in [-0.3, -0.25) is 0 Å². The largest absolute Gasteiger partial charge is 0.218 e.